The number of nitrogens with one attached hydrogen (secondary N) is 1. The first-order valence-corrected chi connectivity index (χ1v) is 10.1. The number of carbonyl (C=O) groups is 2. The molecule has 1 aliphatic heterocycles. The summed E-state index contributed by atoms with van der Waals surface area (Å²) in [7, 11) is -2.18. The summed E-state index contributed by atoms with van der Waals surface area (Å²) in [5.74, 6) is -0.977. The second-order valence-electron chi connectivity index (χ2n) is 6.50. The molecule has 0 aliphatic carbocycles. The van der Waals surface area contributed by atoms with E-state index in [-0.39, 0.29) is 42.2 Å². The maximum absolute atomic E-state index is 13.0. The van der Waals surface area contributed by atoms with Gasteiger partial charge in [-0.3, -0.25) is 9.59 Å². The minimum atomic E-state index is -3.80. The van der Waals surface area contributed by atoms with Crippen LogP contribution >= 0.6 is 0 Å². The number of carbonyl (C=O) groups excluding carboxylic acids is 2. The van der Waals surface area contributed by atoms with E-state index in [0.717, 1.165) is 9.87 Å². The maximum Gasteiger partial charge on any atom is 0.253 e. The Kier molecular flexibility index (Phi) is 5.76. The quantitative estimate of drug-likeness (QED) is 0.810. The van der Waals surface area contributed by atoms with Crippen LogP contribution in [-0.2, 0) is 21.4 Å². The first-order valence-electron chi connectivity index (χ1n) is 8.64. The minimum Gasteiger partial charge on any atom is -0.354 e. The van der Waals surface area contributed by atoms with Gasteiger partial charge in [-0.05, 0) is 42.0 Å². The highest BCUT2D eigenvalue weighted by atomic mass is 32.2. The third-order valence-electron chi connectivity index (χ3n) is 4.42. The summed E-state index contributed by atoms with van der Waals surface area (Å²) in [6.07, 6.45) is 0. The van der Waals surface area contributed by atoms with Crippen LogP contribution in [0.4, 0.5) is 4.39 Å². The molecule has 1 fully saturated rings. The van der Waals surface area contributed by atoms with Crippen molar-refractivity contribution in [1.82, 2.24) is 14.5 Å². The molecule has 148 valence electrons. The second kappa shape index (κ2) is 8.07. The molecule has 1 N–H and O–H groups in total. The van der Waals surface area contributed by atoms with Gasteiger partial charge in [0.25, 0.3) is 5.91 Å². The lowest BCUT2D eigenvalue weighted by atomic mass is 10.1. The molecule has 1 saturated heterocycles. The number of amides is 2. The monoisotopic (exact) mass is 405 g/mol. The Morgan fingerprint density at radius 1 is 1.14 bits per heavy atom. The van der Waals surface area contributed by atoms with Gasteiger partial charge in [0.15, 0.2) is 0 Å². The van der Waals surface area contributed by atoms with E-state index in [0.29, 0.717) is 12.1 Å². The third-order valence-corrected chi connectivity index (χ3v) is 6.28. The topological polar surface area (TPSA) is 86.8 Å². The van der Waals surface area contributed by atoms with Crippen molar-refractivity contribution in [2.24, 2.45) is 0 Å². The number of piperazine rings is 1. The molecule has 2 amide bonds. The van der Waals surface area contributed by atoms with Crippen molar-refractivity contribution in [3.63, 3.8) is 0 Å². The molecule has 2 aromatic carbocycles. The largest absolute Gasteiger partial charge is 0.354 e. The van der Waals surface area contributed by atoms with Crippen LogP contribution in [0.1, 0.15) is 15.9 Å². The zero-order chi connectivity index (χ0) is 20.3. The lowest BCUT2D eigenvalue weighted by molar-refractivity contribution is -0.122. The molecule has 9 heteroatoms. The van der Waals surface area contributed by atoms with Crippen LogP contribution in [0.2, 0.25) is 0 Å². The molecule has 0 bridgehead atoms. The first kappa shape index (κ1) is 20.0. The number of benzene rings is 2. The second-order valence-corrected chi connectivity index (χ2v) is 8.44. The Morgan fingerprint density at radius 2 is 1.79 bits per heavy atom. The minimum absolute atomic E-state index is 0.0277. The van der Waals surface area contributed by atoms with Gasteiger partial charge in [0.1, 0.15) is 5.82 Å². The van der Waals surface area contributed by atoms with Crippen LogP contribution in [0, 0.1) is 5.82 Å². The lowest BCUT2D eigenvalue weighted by Gasteiger charge is -2.26. The van der Waals surface area contributed by atoms with Crippen LogP contribution in [-0.4, -0.2) is 56.1 Å². The summed E-state index contributed by atoms with van der Waals surface area (Å²) in [6.45, 7) is 0.545. The summed E-state index contributed by atoms with van der Waals surface area (Å²) in [6, 6.07) is 11.5. The van der Waals surface area contributed by atoms with Gasteiger partial charge < -0.3 is 10.2 Å². The lowest BCUT2D eigenvalue weighted by Crippen LogP contribution is -2.49. The van der Waals surface area contributed by atoms with E-state index in [9.17, 15) is 22.4 Å². The maximum atomic E-state index is 13.0. The Morgan fingerprint density at radius 3 is 2.39 bits per heavy atom. The Balaban J connectivity index is 1.71. The van der Waals surface area contributed by atoms with Crippen LogP contribution in [0.3, 0.4) is 0 Å². The molecule has 0 spiro atoms. The standard InChI is InChI=1S/C19H20FN3O4S/c1-22(12-14-2-6-16(20)7-3-14)19(25)15-4-8-17(9-5-15)28(26,27)23-11-10-21-18(24)13-23/h2-9H,10-13H2,1H3,(H,21,24). The summed E-state index contributed by atoms with van der Waals surface area (Å²) in [5, 5.41) is 2.58. The van der Waals surface area contributed by atoms with Crippen LogP contribution in [0.5, 0.6) is 0 Å². The highest BCUT2D eigenvalue weighted by Crippen LogP contribution is 2.18. The average molecular weight is 405 g/mol. The molecule has 7 nitrogen and oxygen atoms in total. The fraction of sp³-hybridized carbons (Fsp3) is 0.263. The Labute approximate surface area is 162 Å². The molecule has 0 atom stereocenters. The Bertz CT molecular complexity index is 975. The van der Waals surface area contributed by atoms with Crippen molar-refractivity contribution >= 4 is 21.8 Å². The predicted molar refractivity (Wildman–Crippen MR) is 100 cm³/mol. The van der Waals surface area contributed by atoms with Crippen molar-refractivity contribution in [3.05, 3.63) is 65.5 Å². The van der Waals surface area contributed by atoms with E-state index in [1.165, 1.54) is 41.3 Å². The van der Waals surface area contributed by atoms with E-state index < -0.39 is 10.0 Å². The Hall–Kier alpha value is -2.78. The SMILES string of the molecule is CN(Cc1ccc(F)cc1)C(=O)c1ccc(S(=O)(=O)N2CCNC(=O)C2)cc1. The fourth-order valence-corrected chi connectivity index (χ4v) is 4.29. The molecular formula is C19H20FN3O4S. The van der Waals surface area contributed by atoms with Crippen LogP contribution in [0.15, 0.2) is 53.4 Å². The zero-order valence-corrected chi connectivity index (χ0v) is 16.1. The molecule has 28 heavy (non-hydrogen) atoms. The third kappa shape index (κ3) is 4.37. The van der Waals surface area contributed by atoms with Gasteiger partial charge in [-0.1, -0.05) is 12.1 Å². The number of hydrogen-bond acceptors (Lipinski definition) is 4. The summed E-state index contributed by atoms with van der Waals surface area (Å²) in [4.78, 5) is 25.5. The highest BCUT2D eigenvalue weighted by Gasteiger charge is 2.29. The van der Waals surface area contributed by atoms with E-state index in [4.69, 9.17) is 0 Å². The van der Waals surface area contributed by atoms with Gasteiger partial charge >= 0.3 is 0 Å². The molecule has 0 aromatic heterocycles. The van der Waals surface area contributed by atoms with Gasteiger partial charge in [-0.15, -0.1) is 0 Å². The first-order chi connectivity index (χ1) is 13.3. The zero-order valence-electron chi connectivity index (χ0n) is 15.3. The predicted octanol–water partition coefficient (Wildman–Crippen LogP) is 1.22. The summed E-state index contributed by atoms with van der Waals surface area (Å²) in [5.41, 5.74) is 1.11. The number of halogens is 1. The molecule has 0 radical (unpaired) electrons. The number of rotatable bonds is 5. The van der Waals surface area contributed by atoms with Gasteiger partial charge in [-0.2, -0.15) is 4.31 Å². The van der Waals surface area contributed by atoms with Crippen LogP contribution in [0.25, 0.3) is 0 Å². The molecular weight excluding hydrogens is 385 g/mol. The molecule has 1 aliphatic rings. The van der Waals surface area contributed by atoms with Gasteiger partial charge in [0.2, 0.25) is 15.9 Å². The van der Waals surface area contributed by atoms with E-state index >= 15 is 0 Å². The average Bonchev–Trinajstić information content (AvgIpc) is 2.69. The summed E-state index contributed by atoms with van der Waals surface area (Å²) >= 11 is 0. The molecule has 1 heterocycles. The van der Waals surface area contributed by atoms with Crippen molar-refractivity contribution in [3.8, 4) is 0 Å². The molecule has 0 saturated carbocycles. The highest BCUT2D eigenvalue weighted by molar-refractivity contribution is 7.89. The van der Waals surface area contributed by atoms with Crippen molar-refractivity contribution < 1.29 is 22.4 Å². The van der Waals surface area contributed by atoms with E-state index in [1.54, 1.807) is 19.2 Å². The van der Waals surface area contributed by atoms with Crippen molar-refractivity contribution in [2.45, 2.75) is 11.4 Å². The van der Waals surface area contributed by atoms with Gasteiger partial charge in [0, 0.05) is 32.2 Å². The normalized spacial score (nSPS) is 15.1. The van der Waals surface area contributed by atoms with Gasteiger partial charge in [0.05, 0.1) is 11.4 Å². The summed E-state index contributed by atoms with van der Waals surface area (Å²) < 4.78 is 39.4. The molecule has 2 aromatic rings. The van der Waals surface area contributed by atoms with E-state index in [2.05, 4.69) is 5.32 Å². The van der Waals surface area contributed by atoms with E-state index in [1.807, 2.05) is 0 Å². The van der Waals surface area contributed by atoms with Crippen molar-refractivity contribution in [1.29, 1.82) is 0 Å². The van der Waals surface area contributed by atoms with Crippen LogP contribution < -0.4 is 5.32 Å². The number of sulfonamides is 1. The number of nitrogens with zero attached hydrogens (tertiary/aromatic N) is 2. The molecule has 0 unspecified atom stereocenters. The molecule has 3 rings (SSSR count). The van der Waals surface area contributed by atoms with Gasteiger partial charge in [-0.25, -0.2) is 12.8 Å². The fourth-order valence-electron chi connectivity index (χ4n) is 2.89. The number of hydrogen-bond donors (Lipinski definition) is 1. The van der Waals surface area contributed by atoms with Crippen molar-refractivity contribution in [2.75, 3.05) is 26.7 Å². The smallest absolute Gasteiger partial charge is 0.253 e.